The van der Waals surface area contributed by atoms with Crippen molar-refractivity contribution >= 4 is 11.6 Å². The van der Waals surface area contributed by atoms with E-state index >= 15 is 0 Å². The lowest BCUT2D eigenvalue weighted by Crippen LogP contribution is -2.09. The van der Waals surface area contributed by atoms with E-state index in [0.717, 1.165) is 6.07 Å². The highest BCUT2D eigenvalue weighted by Crippen LogP contribution is 2.36. The number of aromatic nitrogens is 1. The molecule has 0 radical (unpaired) electrons. The number of pyridine rings is 1. The van der Waals surface area contributed by atoms with Crippen LogP contribution >= 0.6 is 11.6 Å². The Labute approximate surface area is 141 Å². The molecular weight excluding hydrogens is 345 g/mol. The molecular formula is C16H12ClF3N2O2. The van der Waals surface area contributed by atoms with Gasteiger partial charge in [0.15, 0.2) is 11.5 Å². The van der Waals surface area contributed by atoms with E-state index in [-0.39, 0.29) is 10.7 Å². The molecule has 24 heavy (non-hydrogen) atoms. The van der Waals surface area contributed by atoms with E-state index in [1.807, 2.05) is 6.07 Å². The smallest absolute Gasteiger partial charge is 0.417 e. The summed E-state index contributed by atoms with van der Waals surface area (Å²) in [7, 11) is 2.90. The van der Waals surface area contributed by atoms with Gasteiger partial charge in [0.1, 0.15) is 5.92 Å². The Hall–Kier alpha value is -2.46. The van der Waals surface area contributed by atoms with Gasteiger partial charge in [0.25, 0.3) is 0 Å². The average molecular weight is 357 g/mol. The van der Waals surface area contributed by atoms with Gasteiger partial charge in [0.2, 0.25) is 0 Å². The Balaban J connectivity index is 2.48. The average Bonchev–Trinajstić information content (AvgIpc) is 2.55. The maximum Gasteiger partial charge on any atom is 0.417 e. The van der Waals surface area contributed by atoms with Crippen LogP contribution < -0.4 is 9.47 Å². The van der Waals surface area contributed by atoms with E-state index in [1.54, 1.807) is 18.2 Å². The number of ether oxygens (including phenoxy) is 2. The lowest BCUT2D eigenvalue weighted by Gasteiger charge is -2.15. The number of nitrogens with zero attached hydrogens (tertiary/aromatic N) is 2. The number of rotatable bonds is 4. The summed E-state index contributed by atoms with van der Waals surface area (Å²) < 4.78 is 48.4. The summed E-state index contributed by atoms with van der Waals surface area (Å²) in [5.41, 5.74) is -0.455. The Morgan fingerprint density at radius 1 is 1.17 bits per heavy atom. The number of benzene rings is 1. The number of alkyl halides is 3. The van der Waals surface area contributed by atoms with E-state index in [2.05, 4.69) is 4.98 Å². The van der Waals surface area contributed by atoms with E-state index in [9.17, 15) is 18.4 Å². The van der Waals surface area contributed by atoms with Crippen molar-refractivity contribution < 1.29 is 22.6 Å². The predicted octanol–water partition coefficient (Wildman–Crippen LogP) is 4.43. The third-order valence-corrected chi connectivity index (χ3v) is 3.64. The molecule has 0 unspecified atom stereocenters. The minimum absolute atomic E-state index is 0.0411. The molecule has 1 aromatic carbocycles. The van der Waals surface area contributed by atoms with E-state index in [0.29, 0.717) is 23.3 Å². The van der Waals surface area contributed by atoms with Crippen molar-refractivity contribution in [2.45, 2.75) is 12.1 Å². The van der Waals surface area contributed by atoms with Crippen LogP contribution in [-0.4, -0.2) is 19.2 Å². The summed E-state index contributed by atoms with van der Waals surface area (Å²) >= 11 is 5.92. The van der Waals surface area contributed by atoms with Crippen LogP contribution in [0.1, 0.15) is 22.7 Å². The minimum Gasteiger partial charge on any atom is -0.493 e. The van der Waals surface area contributed by atoms with Crippen LogP contribution in [0.3, 0.4) is 0 Å². The van der Waals surface area contributed by atoms with Crippen LogP contribution in [0.5, 0.6) is 11.5 Å². The first-order valence-electron chi connectivity index (χ1n) is 6.66. The summed E-state index contributed by atoms with van der Waals surface area (Å²) in [5.74, 6) is -0.0951. The van der Waals surface area contributed by atoms with Crippen molar-refractivity contribution in [2.24, 2.45) is 0 Å². The van der Waals surface area contributed by atoms with Crippen molar-refractivity contribution in [2.75, 3.05) is 14.2 Å². The quantitative estimate of drug-likeness (QED) is 0.813. The molecule has 0 saturated heterocycles. The molecule has 8 heteroatoms. The second-order valence-corrected chi connectivity index (χ2v) is 5.17. The second kappa shape index (κ2) is 6.97. The third kappa shape index (κ3) is 3.54. The Bertz CT molecular complexity index is 788. The molecule has 4 nitrogen and oxygen atoms in total. The lowest BCUT2D eigenvalue weighted by atomic mass is 9.95. The molecule has 0 fully saturated rings. The van der Waals surface area contributed by atoms with Gasteiger partial charge in [-0.25, -0.2) is 0 Å². The molecule has 0 saturated carbocycles. The van der Waals surface area contributed by atoms with Gasteiger partial charge in [-0.2, -0.15) is 18.4 Å². The molecule has 0 aliphatic carbocycles. The minimum atomic E-state index is -4.55. The first-order valence-corrected chi connectivity index (χ1v) is 7.03. The fourth-order valence-electron chi connectivity index (χ4n) is 2.14. The van der Waals surface area contributed by atoms with Crippen molar-refractivity contribution in [1.82, 2.24) is 4.98 Å². The largest absolute Gasteiger partial charge is 0.493 e. The monoisotopic (exact) mass is 356 g/mol. The fourth-order valence-corrected chi connectivity index (χ4v) is 2.42. The van der Waals surface area contributed by atoms with Gasteiger partial charge in [0.05, 0.1) is 36.6 Å². The van der Waals surface area contributed by atoms with Gasteiger partial charge >= 0.3 is 6.18 Å². The zero-order valence-corrected chi connectivity index (χ0v) is 13.4. The van der Waals surface area contributed by atoms with E-state index in [1.165, 1.54) is 14.2 Å². The Kier molecular flexibility index (Phi) is 5.20. The molecule has 1 atom stereocenters. The summed E-state index contributed by atoms with van der Waals surface area (Å²) in [6.45, 7) is 0. The number of hydrogen-bond donors (Lipinski definition) is 0. The standard InChI is InChI=1S/C16H12ClF3N2O2/c1-23-13-4-3-9(5-14(13)24-2)11(7-21)15-12(17)6-10(8-22-15)16(18,19)20/h3-6,8,11H,1-2H3/t11-/m1/s1. The normalized spacial score (nSPS) is 12.4. The Morgan fingerprint density at radius 3 is 2.33 bits per heavy atom. The van der Waals surface area contributed by atoms with Crippen molar-refractivity contribution in [3.05, 3.63) is 52.3 Å². The lowest BCUT2D eigenvalue weighted by molar-refractivity contribution is -0.137. The number of nitriles is 1. The van der Waals surface area contributed by atoms with Gasteiger partial charge in [0, 0.05) is 6.20 Å². The van der Waals surface area contributed by atoms with Gasteiger partial charge in [-0.15, -0.1) is 0 Å². The molecule has 2 rings (SSSR count). The highest BCUT2D eigenvalue weighted by Gasteiger charge is 2.32. The second-order valence-electron chi connectivity index (χ2n) is 4.77. The van der Waals surface area contributed by atoms with Crippen molar-refractivity contribution in [3.63, 3.8) is 0 Å². The molecule has 0 amide bonds. The molecule has 1 heterocycles. The zero-order valence-electron chi connectivity index (χ0n) is 12.7. The summed E-state index contributed by atoms with van der Waals surface area (Å²) in [4.78, 5) is 3.74. The van der Waals surface area contributed by atoms with Gasteiger partial charge in [-0.1, -0.05) is 17.7 Å². The van der Waals surface area contributed by atoms with Gasteiger partial charge in [-0.05, 0) is 23.8 Å². The van der Waals surface area contributed by atoms with Crippen LogP contribution in [0, 0.1) is 11.3 Å². The first kappa shape index (κ1) is 17.9. The molecule has 126 valence electrons. The molecule has 1 aromatic heterocycles. The van der Waals surface area contributed by atoms with Crippen LogP contribution in [0.2, 0.25) is 5.02 Å². The maximum absolute atomic E-state index is 12.7. The Morgan fingerprint density at radius 2 is 1.83 bits per heavy atom. The summed E-state index contributed by atoms with van der Waals surface area (Å²) in [6, 6.07) is 7.51. The number of hydrogen-bond acceptors (Lipinski definition) is 4. The highest BCUT2D eigenvalue weighted by molar-refractivity contribution is 6.31. The van der Waals surface area contributed by atoms with Crippen molar-refractivity contribution in [1.29, 1.82) is 5.26 Å². The topological polar surface area (TPSA) is 55.1 Å². The molecule has 0 N–H and O–H groups in total. The van der Waals surface area contributed by atoms with Gasteiger partial charge < -0.3 is 9.47 Å². The predicted molar refractivity (Wildman–Crippen MR) is 81.3 cm³/mol. The molecule has 2 aromatic rings. The van der Waals surface area contributed by atoms with Gasteiger partial charge in [-0.3, -0.25) is 4.98 Å². The first-order chi connectivity index (χ1) is 11.3. The van der Waals surface area contributed by atoms with E-state index in [4.69, 9.17) is 21.1 Å². The summed E-state index contributed by atoms with van der Waals surface area (Å²) in [5, 5.41) is 9.20. The molecule has 0 aliphatic rings. The van der Waals surface area contributed by atoms with Crippen LogP contribution in [0.15, 0.2) is 30.5 Å². The SMILES string of the molecule is COc1ccc([C@@H](C#N)c2ncc(C(F)(F)F)cc2Cl)cc1OC. The van der Waals surface area contributed by atoms with Crippen LogP contribution in [0.25, 0.3) is 0 Å². The summed E-state index contributed by atoms with van der Waals surface area (Å²) in [6.07, 6.45) is -3.90. The maximum atomic E-state index is 12.7. The van der Waals surface area contributed by atoms with Crippen LogP contribution in [-0.2, 0) is 6.18 Å². The third-order valence-electron chi connectivity index (χ3n) is 3.34. The molecule has 0 bridgehead atoms. The fraction of sp³-hybridized carbons (Fsp3) is 0.250. The number of methoxy groups -OCH3 is 2. The van der Waals surface area contributed by atoms with Crippen molar-refractivity contribution in [3.8, 4) is 17.6 Å². The highest BCUT2D eigenvalue weighted by atomic mass is 35.5. The van der Waals surface area contributed by atoms with Crippen LogP contribution in [0.4, 0.5) is 13.2 Å². The molecule has 0 aliphatic heterocycles. The molecule has 0 spiro atoms. The van der Waals surface area contributed by atoms with E-state index < -0.39 is 17.7 Å². The zero-order chi connectivity index (χ0) is 17.9. The number of halogens is 4.